The van der Waals surface area contributed by atoms with Crippen LogP contribution in [0.5, 0.6) is 11.5 Å². The van der Waals surface area contributed by atoms with Crippen molar-refractivity contribution in [1.82, 2.24) is 15.5 Å². The third-order valence-electron chi connectivity index (χ3n) is 5.79. The van der Waals surface area contributed by atoms with E-state index in [0.29, 0.717) is 18.0 Å². The maximum absolute atomic E-state index is 12.3. The van der Waals surface area contributed by atoms with Gasteiger partial charge in [0.25, 0.3) is 0 Å². The Labute approximate surface area is 182 Å². The number of nitrogens with zero attached hydrogens (tertiary/aromatic N) is 2. The lowest BCUT2D eigenvalue weighted by molar-refractivity contribution is -0.139. The molecule has 2 aromatic carbocycles. The summed E-state index contributed by atoms with van der Waals surface area (Å²) < 4.78 is 10.6. The summed E-state index contributed by atoms with van der Waals surface area (Å²) in [5.74, 6) is 0.0190. The molecule has 164 valence electrons. The summed E-state index contributed by atoms with van der Waals surface area (Å²) in [6, 6.07) is 11.8. The van der Waals surface area contributed by atoms with Gasteiger partial charge < -0.3 is 29.9 Å². The summed E-state index contributed by atoms with van der Waals surface area (Å²) >= 11 is 0. The number of anilines is 1. The first kappa shape index (κ1) is 21.0. The molecule has 2 heterocycles. The second-order valence-corrected chi connectivity index (χ2v) is 8.12. The number of benzene rings is 2. The summed E-state index contributed by atoms with van der Waals surface area (Å²) in [6.07, 6.45) is 1.02. The molecule has 2 aliphatic heterocycles. The highest BCUT2D eigenvalue weighted by molar-refractivity contribution is 6.35. The fourth-order valence-corrected chi connectivity index (χ4v) is 3.98. The van der Waals surface area contributed by atoms with E-state index in [1.807, 2.05) is 25.1 Å². The summed E-state index contributed by atoms with van der Waals surface area (Å²) in [5, 5.41) is 5.42. The highest BCUT2D eigenvalue weighted by atomic mass is 16.7. The molecule has 0 bridgehead atoms. The smallest absolute Gasteiger partial charge is 0.309 e. The van der Waals surface area contributed by atoms with Crippen molar-refractivity contribution < 1.29 is 19.1 Å². The molecular formula is C23H28N4O4. The van der Waals surface area contributed by atoms with Gasteiger partial charge in [0.2, 0.25) is 6.79 Å². The number of nitrogens with one attached hydrogen (secondary N) is 2. The molecule has 0 fully saturated rings. The minimum atomic E-state index is -0.661. The van der Waals surface area contributed by atoms with Gasteiger partial charge in [-0.3, -0.25) is 9.59 Å². The second kappa shape index (κ2) is 8.85. The Balaban J connectivity index is 1.32. The van der Waals surface area contributed by atoms with Crippen molar-refractivity contribution in [2.24, 2.45) is 0 Å². The van der Waals surface area contributed by atoms with E-state index in [9.17, 15) is 9.59 Å². The predicted octanol–water partition coefficient (Wildman–Crippen LogP) is 1.44. The first-order valence-corrected chi connectivity index (χ1v) is 10.4. The van der Waals surface area contributed by atoms with Gasteiger partial charge in [-0.2, -0.15) is 0 Å². The van der Waals surface area contributed by atoms with Crippen LogP contribution in [0.3, 0.4) is 0 Å². The number of hydrogen-bond acceptors (Lipinski definition) is 6. The molecule has 0 spiro atoms. The van der Waals surface area contributed by atoms with E-state index in [-0.39, 0.29) is 19.4 Å². The quantitative estimate of drug-likeness (QED) is 0.683. The average Bonchev–Trinajstić information content (AvgIpc) is 3.37. The summed E-state index contributed by atoms with van der Waals surface area (Å²) in [5.41, 5.74) is 4.53. The van der Waals surface area contributed by atoms with E-state index in [4.69, 9.17) is 9.47 Å². The van der Waals surface area contributed by atoms with Gasteiger partial charge in [0, 0.05) is 32.4 Å². The summed E-state index contributed by atoms with van der Waals surface area (Å²) in [7, 11) is 6.03. The Morgan fingerprint density at radius 1 is 1.06 bits per heavy atom. The lowest BCUT2D eigenvalue weighted by Gasteiger charge is -2.26. The lowest BCUT2D eigenvalue weighted by Crippen LogP contribution is -2.42. The van der Waals surface area contributed by atoms with Crippen molar-refractivity contribution in [2.45, 2.75) is 19.0 Å². The van der Waals surface area contributed by atoms with Crippen LogP contribution in [0.15, 0.2) is 36.4 Å². The van der Waals surface area contributed by atoms with Crippen molar-refractivity contribution in [1.29, 1.82) is 0 Å². The third-order valence-corrected chi connectivity index (χ3v) is 5.79. The van der Waals surface area contributed by atoms with Gasteiger partial charge in [-0.15, -0.1) is 0 Å². The number of fused-ring (bicyclic) bond motifs is 2. The molecule has 2 amide bonds. The number of amides is 2. The molecule has 0 saturated carbocycles. The van der Waals surface area contributed by atoms with Crippen LogP contribution in [0.4, 0.5) is 5.69 Å². The van der Waals surface area contributed by atoms with Crippen LogP contribution in [0.2, 0.25) is 0 Å². The van der Waals surface area contributed by atoms with E-state index in [1.165, 1.54) is 11.3 Å². The summed E-state index contributed by atoms with van der Waals surface area (Å²) in [6.45, 7) is 1.80. The van der Waals surface area contributed by atoms with Crippen LogP contribution in [0, 0.1) is 0 Å². The van der Waals surface area contributed by atoms with Gasteiger partial charge in [-0.25, -0.2) is 0 Å². The zero-order valence-corrected chi connectivity index (χ0v) is 18.1. The van der Waals surface area contributed by atoms with E-state index < -0.39 is 11.8 Å². The van der Waals surface area contributed by atoms with Crippen molar-refractivity contribution in [3.63, 3.8) is 0 Å². The van der Waals surface area contributed by atoms with E-state index in [1.54, 1.807) is 12.1 Å². The highest BCUT2D eigenvalue weighted by Gasteiger charge is 2.22. The second-order valence-electron chi connectivity index (χ2n) is 8.12. The van der Waals surface area contributed by atoms with E-state index in [2.05, 4.69) is 40.8 Å². The maximum Gasteiger partial charge on any atom is 0.309 e. The van der Waals surface area contributed by atoms with Crippen molar-refractivity contribution in [2.75, 3.05) is 45.9 Å². The van der Waals surface area contributed by atoms with Crippen LogP contribution >= 0.6 is 0 Å². The number of ether oxygens (including phenoxy) is 2. The zero-order chi connectivity index (χ0) is 22.0. The third kappa shape index (κ3) is 4.59. The number of carbonyl (C=O) groups excluding carboxylic acids is 2. The monoisotopic (exact) mass is 424 g/mol. The van der Waals surface area contributed by atoms with Gasteiger partial charge in [-0.1, -0.05) is 18.2 Å². The van der Waals surface area contributed by atoms with Gasteiger partial charge in [0.1, 0.15) is 0 Å². The molecule has 0 aromatic heterocycles. The maximum atomic E-state index is 12.3. The predicted molar refractivity (Wildman–Crippen MR) is 117 cm³/mol. The number of carbonyl (C=O) groups is 2. The van der Waals surface area contributed by atoms with E-state index in [0.717, 1.165) is 24.1 Å². The number of hydrogen-bond donors (Lipinski definition) is 2. The molecule has 8 heteroatoms. The first-order valence-electron chi connectivity index (χ1n) is 10.4. The van der Waals surface area contributed by atoms with Gasteiger partial charge in [0.15, 0.2) is 11.5 Å². The molecule has 2 aliphatic rings. The largest absolute Gasteiger partial charge is 0.454 e. The Bertz CT molecular complexity index is 992. The first-order chi connectivity index (χ1) is 14.9. The van der Waals surface area contributed by atoms with Crippen molar-refractivity contribution in [3.8, 4) is 11.5 Å². The van der Waals surface area contributed by atoms with Gasteiger partial charge in [-0.05, 0) is 55.4 Å². The Morgan fingerprint density at radius 3 is 2.65 bits per heavy atom. The minimum absolute atomic E-state index is 0.0261. The molecule has 4 rings (SSSR count). The molecule has 0 aliphatic carbocycles. The Kier molecular flexibility index (Phi) is 5.99. The van der Waals surface area contributed by atoms with Gasteiger partial charge >= 0.3 is 11.8 Å². The Hall–Kier alpha value is -3.26. The van der Waals surface area contributed by atoms with Crippen LogP contribution in [0.1, 0.15) is 22.7 Å². The SMILES string of the molecule is CN1CCc2cc(C(CNC(=O)C(=O)NCc3ccc4c(c3)OCO4)N(C)C)ccc21. The van der Waals surface area contributed by atoms with Crippen LogP contribution in [-0.2, 0) is 22.6 Å². The average molecular weight is 425 g/mol. The fourth-order valence-electron chi connectivity index (χ4n) is 3.98. The van der Waals surface area contributed by atoms with Crippen LogP contribution < -0.4 is 25.0 Å². The van der Waals surface area contributed by atoms with E-state index >= 15 is 0 Å². The molecule has 1 atom stereocenters. The highest BCUT2D eigenvalue weighted by Crippen LogP contribution is 2.32. The standard InChI is InChI=1S/C23H28N4O4/c1-26(2)19(16-5-6-18-17(11-16)8-9-27(18)3)13-25-23(29)22(28)24-12-15-4-7-20-21(10-15)31-14-30-20/h4-7,10-11,19H,8-9,12-14H2,1-3H3,(H,24,28)(H,25,29). The molecule has 0 saturated heterocycles. The lowest BCUT2D eigenvalue weighted by atomic mass is 10.0. The van der Waals surface area contributed by atoms with Gasteiger partial charge in [0.05, 0.1) is 6.04 Å². The number of likely N-dealkylation sites (N-methyl/N-ethyl adjacent to an activating group) is 2. The topological polar surface area (TPSA) is 83.1 Å². The normalized spacial score (nSPS) is 15.0. The molecule has 2 aromatic rings. The van der Waals surface area contributed by atoms with Crippen LogP contribution in [-0.4, -0.2) is 57.7 Å². The summed E-state index contributed by atoms with van der Waals surface area (Å²) in [4.78, 5) is 28.9. The molecular weight excluding hydrogens is 396 g/mol. The fraction of sp³-hybridized carbons (Fsp3) is 0.391. The minimum Gasteiger partial charge on any atom is -0.454 e. The van der Waals surface area contributed by atoms with Crippen LogP contribution in [0.25, 0.3) is 0 Å². The molecule has 2 N–H and O–H groups in total. The molecule has 31 heavy (non-hydrogen) atoms. The van der Waals surface area contributed by atoms with Crippen molar-refractivity contribution >= 4 is 17.5 Å². The molecule has 0 radical (unpaired) electrons. The molecule has 8 nitrogen and oxygen atoms in total. The zero-order valence-electron chi connectivity index (χ0n) is 18.1. The molecule has 1 unspecified atom stereocenters. The van der Waals surface area contributed by atoms with Crippen molar-refractivity contribution in [3.05, 3.63) is 53.1 Å². The Morgan fingerprint density at radius 2 is 1.84 bits per heavy atom. The number of rotatable bonds is 6.